The molecular formula is C24H25N3O6. The molecule has 0 aromatic heterocycles. The quantitative estimate of drug-likeness (QED) is 0.677. The van der Waals surface area contributed by atoms with Crippen molar-refractivity contribution in [1.82, 2.24) is 15.1 Å². The Hall–Kier alpha value is -3.88. The maximum atomic E-state index is 13.1. The molecule has 2 aromatic rings. The van der Waals surface area contributed by atoms with Gasteiger partial charge < -0.3 is 24.6 Å². The van der Waals surface area contributed by atoms with Crippen molar-refractivity contribution in [2.45, 2.75) is 18.5 Å². The van der Waals surface area contributed by atoms with Crippen LogP contribution >= 0.6 is 0 Å². The van der Waals surface area contributed by atoms with Crippen molar-refractivity contribution in [3.05, 3.63) is 65.2 Å². The van der Waals surface area contributed by atoms with Crippen LogP contribution in [0, 0.1) is 0 Å². The van der Waals surface area contributed by atoms with Crippen LogP contribution in [0.15, 0.2) is 48.5 Å². The molecule has 9 nitrogen and oxygen atoms in total. The van der Waals surface area contributed by atoms with Crippen LogP contribution in [0.4, 0.5) is 0 Å². The first-order chi connectivity index (χ1) is 15.9. The van der Waals surface area contributed by atoms with Gasteiger partial charge in [-0.2, -0.15) is 0 Å². The Labute approximate surface area is 191 Å². The lowest BCUT2D eigenvalue weighted by atomic mass is 9.98. The molecule has 2 fully saturated rings. The number of amides is 3. The van der Waals surface area contributed by atoms with Gasteiger partial charge in [-0.3, -0.25) is 14.4 Å². The van der Waals surface area contributed by atoms with E-state index in [9.17, 15) is 19.2 Å². The highest BCUT2D eigenvalue weighted by Crippen LogP contribution is 2.21. The molecule has 3 amide bonds. The molecule has 172 valence electrons. The largest absolute Gasteiger partial charge is 0.497 e. The van der Waals surface area contributed by atoms with Gasteiger partial charge in [0.05, 0.1) is 26.3 Å². The van der Waals surface area contributed by atoms with E-state index in [0.717, 1.165) is 11.3 Å². The predicted molar refractivity (Wildman–Crippen MR) is 118 cm³/mol. The highest BCUT2D eigenvalue weighted by Gasteiger charge is 2.44. The monoisotopic (exact) mass is 451 g/mol. The van der Waals surface area contributed by atoms with Crippen LogP contribution in [0.2, 0.25) is 0 Å². The number of hydrogen-bond donors (Lipinski definition) is 1. The van der Waals surface area contributed by atoms with Gasteiger partial charge in [0.2, 0.25) is 11.8 Å². The number of fused-ring (bicyclic) bond motifs is 1. The van der Waals surface area contributed by atoms with Crippen LogP contribution in [0.25, 0.3) is 0 Å². The minimum Gasteiger partial charge on any atom is -0.497 e. The molecule has 0 spiro atoms. The predicted octanol–water partition coefficient (Wildman–Crippen LogP) is 0.876. The third-order valence-corrected chi connectivity index (χ3v) is 6.00. The molecule has 0 unspecified atom stereocenters. The summed E-state index contributed by atoms with van der Waals surface area (Å²) in [5.41, 5.74) is 1.51. The molecule has 4 rings (SSSR count). The molecule has 0 bridgehead atoms. The number of rotatable bonds is 5. The van der Waals surface area contributed by atoms with Crippen LogP contribution < -0.4 is 10.1 Å². The van der Waals surface area contributed by atoms with Crippen LogP contribution in [0.1, 0.15) is 26.3 Å². The first kappa shape index (κ1) is 22.3. The zero-order valence-electron chi connectivity index (χ0n) is 18.4. The second-order valence-electron chi connectivity index (χ2n) is 7.98. The number of carbonyl (C=O) groups excluding carboxylic acids is 4. The molecule has 0 saturated carbocycles. The van der Waals surface area contributed by atoms with E-state index >= 15 is 0 Å². The minimum atomic E-state index is -0.744. The number of methoxy groups -OCH3 is 2. The Bertz CT molecular complexity index is 1080. The molecule has 1 N–H and O–H groups in total. The summed E-state index contributed by atoms with van der Waals surface area (Å²) in [7, 11) is 2.86. The first-order valence-corrected chi connectivity index (χ1v) is 10.6. The Morgan fingerprint density at radius 3 is 2.45 bits per heavy atom. The average molecular weight is 451 g/mol. The maximum absolute atomic E-state index is 13.1. The third-order valence-electron chi connectivity index (χ3n) is 6.00. The van der Waals surface area contributed by atoms with Gasteiger partial charge in [-0.25, -0.2) is 4.79 Å². The Kier molecular flexibility index (Phi) is 6.30. The summed E-state index contributed by atoms with van der Waals surface area (Å²) in [6.07, 6.45) is 0.376. The van der Waals surface area contributed by atoms with Crippen molar-refractivity contribution in [2.24, 2.45) is 0 Å². The SMILES string of the molecule is COC(=O)c1cccc(C(=O)N2CCN3C(=O)[C@H](Cc4ccc(OC)cc4)NC(=O)[C@H]3C2)c1. The second-order valence-corrected chi connectivity index (χ2v) is 7.98. The molecule has 2 atom stereocenters. The molecule has 0 aliphatic carbocycles. The summed E-state index contributed by atoms with van der Waals surface area (Å²) in [5, 5.41) is 2.81. The van der Waals surface area contributed by atoms with E-state index < -0.39 is 18.1 Å². The molecule has 9 heteroatoms. The number of nitrogens with one attached hydrogen (secondary N) is 1. The molecule has 33 heavy (non-hydrogen) atoms. The van der Waals surface area contributed by atoms with Crippen molar-refractivity contribution in [3.63, 3.8) is 0 Å². The van der Waals surface area contributed by atoms with Gasteiger partial charge in [-0.1, -0.05) is 18.2 Å². The molecular weight excluding hydrogens is 426 g/mol. The number of ether oxygens (including phenoxy) is 2. The highest BCUT2D eigenvalue weighted by molar-refractivity contribution is 6.00. The number of piperazine rings is 2. The summed E-state index contributed by atoms with van der Waals surface area (Å²) in [5.74, 6) is -0.560. The second kappa shape index (κ2) is 9.32. The van der Waals surface area contributed by atoms with Crippen LogP contribution in [0.5, 0.6) is 5.75 Å². The number of carbonyl (C=O) groups is 4. The van der Waals surface area contributed by atoms with E-state index in [-0.39, 0.29) is 36.4 Å². The van der Waals surface area contributed by atoms with Crippen LogP contribution in [-0.2, 0) is 20.7 Å². The summed E-state index contributed by atoms with van der Waals surface area (Å²) in [6.45, 7) is 0.651. The van der Waals surface area contributed by atoms with Crippen molar-refractivity contribution in [2.75, 3.05) is 33.9 Å². The van der Waals surface area contributed by atoms with Crippen molar-refractivity contribution in [3.8, 4) is 5.75 Å². The maximum Gasteiger partial charge on any atom is 0.337 e. The summed E-state index contributed by atoms with van der Waals surface area (Å²) < 4.78 is 9.86. The van der Waals surface area contributed by atoms with E-state index in [4.69, 9.17) is 9.47 Å². The molecule has 2 heterocycles. The molecule has 2 saturated heterocycles. The molecule has 0 radical (unpaired) electrons. The Morgan fingerprint density at radius 2 is 1.76 bits per heavy atom. The molecule has 2 aromatic carbocycles. The van der Waals surface area contributed by atoms with Gasteiger partial charge >= 0.3 is 5.97 Å². The lowest BCUT2D eigenvalue weighted by Gasteiger charge is -2.45. The summed E-state index contributed by atoms with van der Waals surface area (Å²) >= 11 is 0. The number of nitrogens with zero attached hydrogens (tertiary/aromatic N) is 2. The topological polar surface area (TPSA) is 105 Å². The zero-order chi connectivity index (χ0) is 23.5. The van der Waals surface area contributed by atoms with E-state index in [1.807, 2.05) is 24.3 Å². The number of benzene rings is 2. The minimum absolute atomic E-state index is 0.0914. The fourth-order valence-electron chi connectivity index (χ4n) is 4.20. The number of hydrogen-bond acceptors (Lipinski definition) is 6. The van der Waals surface area contributed by atoms with Crippen LogP contribution in [-0.4, -0.2) is 79.4 Å². The van der Waals surface area contributed by atoms with Crippen molar-refractivity contribution < 1.29 is 28.7 Å². The van der Waals surface area contributed by atoms with E-state index in [0.29, 0.717) is 18.5 Å². The normalized spacial score (nSPS) is 20.1. The summed E-state index contributed by atoms with van der Waals surface area (Å²) in [6, 6.07) is 12.2. The fraction of sp³-hybridized carbons (Fsp3) is 0.333. The third kappa shape index (κ3) is 4.52. The van der Waals surface area contributed by atoms with Crippen molar-refractivity contribution in [1.29, 1.82) is 0 Å². The van der Waals surface area contributed by atoms with Crippen molar-refractivity contribution >= 4 is 23.7 Å². The van der Waals surface area contributed by atoms with Gasteiger partial charge in [0.15, 0.2) is 0 Å². The first-order valence-electron chi connectivity index (χ1n) is 10.6. The van der Waals surface area contributed by atoms with E-state index in [2.05, 4.69) is 5.32 Å². The fourth-order valence-corrected chi connectivity index (χ4v) is 4.20. The summed E-state index contributed by atoms with van der Waals surface area (Å²) in [4.78, 5) is 53.8. The average Bonchev–Trinajstić information content (AvgIpc) is 2.86. The highest BCUT2D eigenvalue weighted by atomic mass is 16.5. The van der Waals surface area contributed by atoms with Gasteiger partial charge in [-0.05, 0) is 35.9 Å². The van der Waals surface area contributed by atoms with Gasteiger partial charge in [0.25, 0.3) is 5.91 Å². The van der Waals surface area contributed by atoms with E-state index in [1.54, 1.807) is 30.2 Å². The smallest absolute Gasteiger partial charge is 0.337 e. The van der Waals surface area contributed by atoms with E-state index in [1.165, 1.54) is 18.1 Å². The lowest BCUT2D eigenvalue weighted by Crippen LogP contribution is -2.70. The molecule has 2 aliphatic rings. The standard InChI is InChI=1S/C24H25N3O6/c1-32-18-8-6-15(7-9-18)12-19-23(30)27-11-10-26(14-20(27)21(28)25-19)22(29)16-4-3-5-17(13-16)24(31)33-2/h3-9,13,19-20H,10-12,14H2,1-2H3,(H,25,28)/t19-,20+/m0/s1. The Morgan fingerprint density at radius 1 is 1.03 bits per heavy atom. The van der Waals surface area contributed by atoms with Gasteiger partial charge in [0, 0.05) is 25.1 Å². The van der Waals surface area contributed by atoms with Gasteiger partial charge in [0.1, 0.15) is 17.8 Å². The molecule has 2 aliphatic heterocycles. The number of esters is 1. The Balaban J connectivity index is 1.44. The van der Waals surface area contributed by atoms with Gasteiger partial charge in [-0.15, -0.1) is 0 Å². The zero-order valence-corrected chi connectivity index (χ0v) is 18.4. The van der Waals surface area contributed by atoms with Crippen LogP contribution in [0.3, 0.4) is 0 Å². The lowest BCUT2D eigenvalue weighted by molar-refractivity contribution is -0.152.